The van der Waals surface area contributed by atoms with Crippen LogP contribution in [-0.4, -0.2) is 48.3 Å². The zero-order chi connectivity index (χ0) is 21.7. The molecule has 2 aromatic carbocycles. The van der Waals surface area contributed by atoms with Crippen LogP contribution in [0.2, 0.25) is 0 Å². The molecule has 0 saturated carbocycles. The molecule has 156 valence electrons. The Bertz CT molecular complexity index is 941. The minimum atomic E-state index is -0.356. The summed E-state index contributed by atoms with van der Waals surface area (Å²) in [5.41, 5.74) is 8.17. The summed E-state index contributed by atoms with van der Waals surface area (Å²) in [6.07, 6.45) is 1.50. The van der Waals surface area contributed by atoms with Crippen LogP contribution < -0.4 is 29.6 Å². The van der Waals surface area contributed by atoms with Crippen LogP contribution in [0.3, 0.4) is 0 Å². The molecule has 29 heavy (non-hydrogen) atoms. The van der Waals surface area contributed by atoms with E-state index in [0.717, 1.165) is 5.69 Å². The van der Waals surface area contributed by atoms with Crippen molar-refractivity contribution in [3.63, 3.8) is 0 Å². The summed E-state index contributed by atoms with van der Waals surface area (Å²) in [4.78, 5) is 14.7. The van der Waals surface area contributed by atoms with E-state index in [0.29, 0.717) is 39.8 Å². The quantitative estimate of drug-likeness (QED) is 0.394. The van der Waals surface area contributed by atoms with Crippen molar-refractivity contribution in [3.8, 4) is 23.0 Å². The lowest BCUT2D eigenvalue weighted by molar-refractivity contribution is 0.104. The van der Waals surface area contributed by atoms with Gasteiger partial charge in [-0.15, -0.1) is 0 Å². The number of hydrogen-bond donors (Lipinski definition) is 1. The summed E-state index contributed by atoms with van der Waals surface area (Å²) >= 11 is 6.36. The molecule has 0 fully saturated rings. The smallest absolute Gasteiger partial charge is 0.207 e. The van der Waals surface area contributed by atoms with Gasteiger partial charge < -0.3 is 29.6 Å². The molecule has 0 saturated heterocycles. The Balaban J connectivity index is 2.56. The average Bonchev–Trinajstić information content (AvgIpc) is 2.71. The third-order valence-electron chi connectivity index (χ3n) is 4.29. The van der Waals surface area contributed by atoms with Gasteiger partial charge >= 0.3 is 0 Å². The lowest BCUT2D eigenvalue weighted by Gasteiger charge is -2.17. The number of rotatable bonds is 8. The number of carbonyl (C=O) groups excluding carboxylic acids is 1. The van der Waals surface area contributed by atoms with Gasteiger partial charge in [0.25, 0.3) is 0 Å². The van der Waals surface area contributed by atoms with Gasteiger partial charge in [-0.05, 0) is 30.3 Å². The van der Waals surface area contributed by atoms with Crippen molar-refractivity contribution in [1.82, 2.24) is 0 Å². The number of methoxy groups -OCH3 is 4. The van der Waals surface area contributed by atoms with Crippen molar-refractivity contribution in [2.45, 2.75) is 0 Å². The number of carbonyl (C=O) groups is 1. The molecule has 2 rings (SSSR count). The zero-order valence-corrected chi connectivity index (χ0v) is 18.1. The normalized spacial score (nSPS) is 11.1. The molecule has 0 amide bonds. The van der Waals surface area contributed by atoms with E-state index in [4.69, 9.17) is 36.3 Å². The fourth-order valence-electron chi connectivity index (χ4n) is 2.88. The Hall–Kier alpha value is -3.06. The number of allylic oxidation sites excluding steroid dienone is 1. The Labute approximate surface area is 175 Å². The number of halogens is 1. The number of ketones is 1. The Kier molecular flexibility index (Phi) is 7.23. The number of nitrogens with zero attached hydrogens (tertiary/aromatic N) is 1. The van der Waals surface area contributed by atoms with Gasteiger partial charge in [0.2, 0.25) is 17.3 Å². The molecule has 2 N–H and O–H groups in total. The number of nitrogen functional groups attached to an aromatic ring is 1. The maximum Gasteiger partial charge on any atom is 0.207 e. The number of Topliss-reactive ketones (excluding diaryl/α,β-unsaturated/α-hetero) is 1. The maximum absolute atomic E-state index is 12.9. The summed E-state index contributed by atoms with van der Waals surface area (Å²) in [7, 11) is 9.66. The lowest BCUT2D eigenvalue weighted by Crippen LogP contribution is -2.12. The van der Waals surface area contributed by atoms with E-state index < -0.39 is 0 Å². The van der Waals surface area contributed by atoms with Gasteiger partial charge in [0.15, 0.2) is 11.5 Å². The van der Waals surface area contributed by atoms with Crippen molar-refractivity contribution in [2.75, 3.05) is 53.2 Å². The first-order valence-corrected chi connectivity index (χ1v) is 9.02. The number of benzene rings is 2. The fourth-order valence-corrected chi connectivity index (χ4v) is 3.11. The predicted molar refractivity (Wildman–Crippen MR) is 116 cm³/mol. The van der Waals surface area contributed by atoms with Crippen LogP contribution in [-0.2, 0) is 0 Å². The highest BCUT2D eigenvalue weighted by atomic mass is 35.5. The number of hydrogen-bond acceptors (Lipinski definition) is 7. The molecule has 0 radical (unpaired) electrons. The molecule has 7 nitrogen and oxygen atoms in total. The summed E-state index contributed by atoms with van der Waals surface area (Å²) in [6.45, 7) is 0. The van der Waals surface area contributed by atoms with Gasteiger partial charge in [0.1, 0.15) is 0 Å². The third-order valence-corrected chi connectivity index (χ3v) is 4.57. The SMILES string of the molecule is COc1cc(C=C(Cl)C(=O)c2ccc(N)c(N(C)C)c2)c(OC)c(OC)c1OC. The first-order chi connectivity index (χ1) is 13.8. The number of nitrogens with two attached hydrogens (primary N) is 1. The molecule has 0 heterocycles. The van der Waals surface area contributed by atoms with E-state index in [9.17, 15) is 4.79 Å². The Morgan fingerprint density at radius 2 is 1.59 bits per heavy atom. The van der Waals surface area contributed by atoms with Crippen molar-refractivity contribution in [3.05, 3.63) is 40.4 Å². The van der Waals surface area contributed by atoms with E-state index >= 15 is 0 Å². The minimum Gasteiger partial charge on any atom is -0.493 e. The molecule has 0 spiro atoms. The second-order valence-corrected chi connectivity index (χ2v) is 6.66. The summed E-state index contributed by atoms with van der Waals surface area (Å²) < 4.78 is 21.6. The van der Waals surface area contributed by atoms with Crippen LogP contribution in [0.1, 0.15) is 15.9 Å². The van der Waals surface area contributed by atoms with Crippen LogP contribution in [0, 0.1) is 0 Å². The summed E-state index contributed by atoms with van der Waals surface area (Å²) in [6, 6.07) is 6.66. The number of anilines is 2. The highest BCUT2D eigenvalue weighted by Gasteiger charge is 2.22. The van der Waals surface area contributed by atoms with Crippen molar-refractivity contribution in [2.24, 2.45) is 0 Å². The van der Waals surface area contributed by atoms with Gasteiger partial charge in [-0.25, -0.2) is 0 Å². The molecule has 2 aromatic rings. The third kappa shape index (κ3) is 4.51. The van der Waals surface area contributed by atoms with E-state index in [1.165, 1.54) is 34.5 Å². The topological polar surface area (TPSA) is 83.3 Å². The maximum atomic E-state index is 12.9. The predicted octanol–water partition coefficient (Wildman–Crippen LogP) is 3.83. The Morgan fingerprint density at radius 3 is 2.10 bits per heavy atom. The van der Waals surface area contributed by atoms with Gasteiger partial charge in [0.05, 0.1) is 44.8 Å². The number of ether oxygens (including phenoxy) is 4. The van der Waals surface area contributed by atoms with Crippen LogP contribution in [0.25, 0.3) is 6.08 Å². The molecule has 0 aliphatic heterocycles. The average molecular weight is 421 g/mol. The van der Waals surface area contributed by atoms with E-state index in [1.807, 2.05) is 19.0 Å². The molecule has 8 heteroatoms. The highest BCUT2D eigenvalue weighted by molar-refractivity contribution is 6.47. The largest absolute Gasteiger partial charge is 0.493 e. The van der Waals surface area contributed by atoms with E-state index in [1.54, 1.807) is 24.3 Å². The Morgan fingerprint density at radius 1 is 0.966 bits per heavy atom. The van der Waals surface area contributed by atoms with Crippen LogP contribution in [0.4, 0.5) is 11.4 Å². The van der Waals surface area contributed by atoms with Gasteiger partial charge in [-0.1, -0.05) is 11.6 Å². The summed E-state index contributed by atoms with van der Waals surface area (Å²) in [5.74, 6) is 1.13. The zero-order valence-electron chi connectivity index (χ0n) is 17.3. The van der Waals surface area contributed by atoms with Gasteiger partial charge in [-0.2, -0.15) is 0 Å². The van der Waals surface area contributed by atoms with Crippen LogP contribution in [0.15, 0.2) is 29.3 Å². The highest BCUT2D eigenvalue weighted by Crippen LogP contribution is 2.47. The van der Waals surface area contributed by atoms with Gasteiger partial charge in [0, 0.05) is 25.2 Å². The molecular formula is C21H25ClN2O5. The molecular weight excluding hydrogens is 396 g/mol. The van der Waals surface area contributed by atoms with E-state index in [-0.39, 0.29) is 10.8 Å². The lowest BCUT2D eigenvalue weighted by atomic mass is 10.1. The van der Waals surface area contributed by atoms with Crippen LogP contribution in [0.5, 0.6) is 23.0 Å². The molecule has 0 aliphatic rings. The standard InChI is InChI=1S/C21H25ClN2O5/c1-24(2)16-10-12(7-8-15(16)23)18(25)14(22)9-13-11-17(26-3)20(28-5)21(29-6)19(13)27-4/h7-11H,23H2,1-6H3. The molecule has 0 atom stereocenters. The first-order valence-electron chi connectivity index (χ1n) is 8.64. The monoisotopic (exact) mass is 420 g/mol. The molecule has 0 bridgehead atoms. The van der Waals surface area contributed by atoms with Crippen molar-refractivity contribution in [1.29, 1.82) is 0 Å². The summed E-state index contributed by atoms with van der Waals surface area (Å²) in [5, 5.41) is -0.00736. The van der Waals surface area contributed by atoms with Crippen LogP contribution >= 0.6 is 11.6 Å². The minimum absolute atomic E-state index is 0.00736. The fraction of sp³-hybridized carbons (Fsp3) is 0.286. The molecule has 0 unspecified atom stereocenters. The second-order valence-electron chi connectivity index (χ2n) is 6.26. The van der Waals surface area contributed by atoms with E-state index in [2.05, 4.69) is 0 Å². The molecule has 0 aromatic heterocycles. The molecule has 0 aliphatic carbocycles. The first kappa shape index (κ1) is 22.2. The second kappa shape index (κ2) is 9.43. The van der Waals surface area contributed by atoms with Crippen molar-refractivity contribution < 1.29 is 23.7 Å². The van der Waals surface area contributed by atoms with Crippen molar-refractivity contribution >= 4 is 34.8 Å². The van der Waals surface area contributed by atoms with Gasteiger partial charge in [-0.3, -0.25) is 4.79 Å².